The standard InChI is InChI=1S/C16H24O4/c1-5-19-14-8-7-13(11-15(14)20-6-2)16(17)12(3)9-10-18-4/h7-8,11-12H,5-6,9-10H2,1-4H3. The first-order valence-electron chi connectivity index (χ1n) is 7.06. The van der Waals surface area contributed by atoms with Gasteiger partial charge in [-0.15, -0.1) is 0 Å². The summed E-state index contributed by atoms with van der Waals surface area (Å²) in [6.45, 7) is 7.43. The lowest BCUT2D eigenvalue weighted by Gasteiger charge is -2.14. The summed E-state index contributed by atoms with van der Waals surface area (Å²) in [5.74, 6) is 1.34. The lowest BCUT2D eigenvalue weighted by molar-refractivity contribution is 0.0893. The fourth-order valence-electron chi connectivity index (χ4n) is 1.91. The van der Waals surface area contributed by atoms with Crippen LogP contribution >= 0.6 is 0 Å². The average molecular weight is 280 g/mol. The molecule has 1 unspecified atom stereocenters. The van der Waals surface area contributed by atoms with Crippen LogP contribution in [0.25, 0.3) is 0 Å². The van der Waals surface area contributed by atoms with Gasteiger partial charge in [-0.3, -0.25) is 4.79 Å². The molecule has 0 spiro atoms. The van der Waals surface area contributed by atoms with Gasteiger partial charge in [0, 0.05) is 25.2 Å². The van der Waals surface area contributed by atoms with E-state index in [1.165, 1.54) is 0 Å². The second-order valence-electron chi connectivity index (χ2n) is 4.57. The van der Waals surface area contributed by atoms with Crippen molar-refractivity contribution in [1.29, 1.82) is 0 Å². The Bertz CT molecular complexity index is 428. The van der Waals surface area contributed by atoms with Crippen molar-refractivity contribution >= 4 is 5.78 Å². The lowest BCUT2D eigenvalue weighted by atomic mass is 9.96. The maximum atomic E-state index is 12.3. The predicted molar refractivity (Wildman–Crippen MR) is 78.8 cm³/mol. The molecule has 4 nitrogen and oxygen atoms in total. The predicted octanol–water partition coefficient (Wildman–Crippen LogP) is 3.34. The molecule has 0 fully saturated rings. The Kier molecular flexibility index (Phi) is 7.09. The molecule has 0 bridgehead atoms. The van der Waals surface area contributed by atoms with E-state index in [0.29, 0.717) is 43.3 Å². The summed E-state index contributed by atoms with van der Waals surface area (Å²) < 4.78 is 16.0. The molecule has 0 aliphatic heterocycles. The maximum Gasteiger partial charge on any atom is 0.165 e. The van der Waals surface area contributed by atoms with Gasteiger partial charge in [0.15, 0.2) is 17.3 Å². The summed E-state index contributed by atoms with van der Waals surface area (Å²) in [4.78, 5) is 12.3. The van der Waals surface area contributed by atoms with Gasteiger partial charge in [-0.1, -0.05) is 6.92 Å². The molecular formula is C16H24O4. The molecule has 1 aromatic rings. The highest BCUT2D eigenvalue weighted by atomic mass is 16.5. The number of rotatable bonds is 9. The molecule has 0 aromatic heterocycles. The van der Waals surface area contributed by atoms with Crippen LogP contribution in [0, 0.1) is 5.92 Å². The zero-order valence-corrected chi connectivity index (χ0v) is 12.8. The summed E-state index contributed by atoms with van der Waals surface area (Å²) in [6.07, 6.45) is 0.715. The molecule has 1 rings (SSSR count). The SMILES string of the molecule is CCOc1ccc(C(=O)C(C)CCOC)cc1OCC. The number of ketones is 1. The minimum absolute atomic E-state index is 0.0672. The highest BCUT2D eigenvalue weighted by molar-refractivity contribution is 5.98. The van der Waals surface area contributed by atoms with E-state index in [2.05, 4.69) is 0 Å². The molecule has 20 heavy (non-hydrogen) atoms. The van der Waals surface area contributed by atoms with Crippen LogP contribution in [0.3, 0.4) is 0 Å². The van der Waals surface area contributed by atoms with E-state index in [9.17, 15) is 4.79 Å². The van der Waals surface area contributed by atoms with Gasteiger partial charge in [-0.05, 0) is 38.5 Å². The van der Waals surface area contributed by atoms with Crippen LogP contribution in [0.2, 0.25) is 0 Å². The van der Waals surface area contributed by atoms with Gasteiger partial charge in [0.1, 0.15) is 0 Å². The van der Waals surface area contributed by atoms with E-state index >= 15 is 0 Å². The molecule has 0 N–H and O–H groups in total. The number of hydrogen-bond acceptors (Lipinski definition) is 4. The third-order valence-corrected chi connectivity index (χ3v) is 3.03. The average Bonchev–Trinajstić information content (AvgIpc) is 2.46. The first kappa shape index (κ1) is 16.5. The number of benzene rings is 1. The van der Waals surface area contributed by atoms with Gasteiger partial charge < -0.3 is 14.2 Å². The molecule has 4 heteroatoms. The maximum absolute atomic E-state index is 12.3. The number of ether oxygens (including phenoxy) is 3. The Balaban J connectivity index is 2.89. The van der Waals surface area contributed by atoms with Gasteiger partial charge in [-0.25, -0.2) is 0 Å². The number of Topliss-reactive ketones (excluding diaryl/α,β-unsaturated/α-hetero) is 1. The monoisotopic (exact) mass is 280 g/mol. The minimum Gasteiger partial charge on any atom is -0.490 e. The summed E-state index contributed by atoms with van der Waals surface area (Å²) in [5.41, 5.74) is 0.653. The first-order valence-corrected chi connectivity index (χ1v) is 7.06. The molecule has 0 amide bonds. The third-order valence-electron chi connectivity index (χ3n) is 3.03. The highest BCUT2D eigenvalue weighted by Gasteiger charge is 2.17. The Morgan fingerprint density at radius 2 is 1.80 bits per heavy atom. The smallest absolute Gasteiger partial charge is 0.165 e. The third kappa shape index (κ3) is 4.53. The van der Waals surface area contributed by atoms with Gasteiger partial charge in [0.2, 0.25) is 0 Å². The molecule has 1 atom stereocenters. The van der Waals surface area contributed by atoms with Crippen LogP contribution in [0.4, 0.5) is 0 Å². The molecule has 0 radical (unpaired) electrons. The van der Waals surface area contributed by atoms with Crippen molar-refractivity contribution in [1.82, 2.24) is 0 Å². The Morgan fingerprint density at radius 1 is 1.15 bits per heavy atom. The Labute approximate surface area is 121 Å². The largest absolute Gasteiger partial charge is 0.490 e. The van der Waals surface area contributed by atoms with E-state index in [4.69, 9.17) is 14.2 Å². The second-order valence-corrected chi connectivity index (χ2v) is 4.57. The molecule has 0 saturated heterocycles. The van der Waals surface area contributed by atoms with Crippen LogP contribution in [0.5, 0.6) is 11.5 Å². The fourth-order valence-corrected chi connectivity index (χ4v) is 1.91. The van der Waals surface area contributed by atoms with Crippen LogP contribution < -0.4 is 9.47 Å². The fraction of sp³-hybridized carbons (Fsp3) is 0.562. The molecular weight excluding hydrogens is 256 g/mol. The normalized spacial score (nSPS) is 12.0. The van der Waals surface area contributed by atoms with Crippen molar-refractivity contribution in [3.63, 3.8) is 0 Å². The van der Waals surface area contributed by atoms with Gasteiger partial charge >= 0.3 is 0 Å². The molecule has 0 aliphatic carbocycles. The van der Waals surface area contributed by atoms with E-state index in [1.54, 1.807) is 25.3 Å². The summed E-state index contributed by atoms with van der Waals surface area (Å²) in [7, 11) is 1.64. The quantitative estimate of drug-likeness (QED) is 0.651. The van der Waals surface area contributed by atoms with E-state index in [0.717, 1.165) is 0 Å². The summed E-state index contributed by atoms with van der Waals surface area (Å²) in [5, 5.41) is 0. The van der Waals surface area contributed by atoms with Crippen molar-refractivity contribution in [3.05, 3.63) is 23.8 Å². The molecule has 0 aliphatic rings. The van der Waals surface area contributed by atoms with Gasteiger partial charge in [0.05, 0.1) is 13.2 Å². The number of carbonyl (C=O) groups excluding carboxylic acids is 1. The van der Waals surface area contributed by atoms with Gasteiger partial charge in [-0.2, -0.15) is 0 Å². The lowest BCUT2D eigenvalue weighted by Crippen LogP contribution is -2.13. The van der Waals surface area contributed by atoms with Crippen molar-refractivity contribution in [3.8, 4) is 11.5 Å². The molecule has 112 valence electrons. The topological polar surface area (TPSA) is 44.8 Å². The molecule has 1 aromatic carbocycles. The number of carbonyl (C=O) groups is 1. The van der Waals surface area contributed by atoms with Gasteiger partial charge in [0.25, 0.3) is 0 Å². The minimum atomic E-state index is -0.0672. The first-order chi connectivity index (χ1) is 9.63. The second kappa shape index (κ2) is 8.59. The van der Waals surface area contributed by atoms with Crippen molar-refractivity contribution < 1.29 is 19.0 Å². The Morgan fingerprint density at radius 3 is 2.40 bits per heavy atom. The van der Waals surface area contributed by atoms with Crippen LogP contribution in [-0.2, 0) is 4.74 Å². The number of hydrogen-bond donors (Lipinski definition) is 0. The molecule has 0 heterocycles. The van der Waals surface area contributed by atoms with Crippen molar-refractivity contribution in [2.45, 2.75) is 27.2 Å². The van der Waals surface area contributed by atoms with Crippen molar-refractivity contribution in [2.75, 3.05) is 26.9 Å². The van der Waals surface area contributed by atoms with Crippen LogP contribution in [0.1, 0.15) is 37.6 Å². The van der Waals surface area contributed by atoms with E-state index in [-0.39, 0.29) is 11.7 Å². The zero-order chi connectivity index (χ0) is 15.0. The number of methoxy groups -OCH3 is 1. The summed E-state index contributed by atoms with van der Waals surface area (Å²) >= 11 is 0. The van der Waals surface area contributed by atoms with Crippen LogP contribution in [0.15, 0.2) is 18.2 Å². The zero-order valence-electron chi connectivity index (χ0n) is 12.8. The highest BCUT2D eigenvalue weighted by Crippen LogP contribution is 2.29. The van der Waals surface area contributed by atoms with E-state index in [1.807, 2.05) is 20.8 Å². The van der Waals surface area contributed by atoms with Crippen LogP contribution in [-0.4, -0.2) is 32.7 Å². The van der Waals surface area contributed by atoms with Crippen molar-refractivity contribution in [2.24, 2.45) is 5.92 Å². The van der Waals surface area contributed by atoms with E-state index < -0.39 is 0 Å². The Hall–Kier alpha value is -1.55. The summed E-state index contributed by atoms with van der Waals surface area (Å²) in [6, 6.07) is 5.35. The molecule has 0 saturated carbocycles.